The summed E-state index contributed by atoms with van der Waals surface area (Å²) in [6.07, 6.45) is 2.02. The van der Waals surface area contributed by atoms with Crippen molar-refractivity contribution in [3.05, 3.63) is 65.4 Å². The summed E-state index contributed by atoms with van der Waals surface area (Å²) in [5.41, 5.74) is 6.82. The maximum Gasteiger partial charge on any atom is 0.0642 e. The fourth-order valence-electron chi connectivity index (χ4n) is 4.88. The van der Waals surface area contributed by atoms with E-state index >= 15 is 0 Å². The molecule has 27 heavy (non-hydrogen) atoms. The quantitative estimate of drug-likeness (QED) is 0.754. The molecule has 3 heterocycles. The van der Waals surface area contributed by atoms with E-state index in [0.29, 0.717) is 0 Å². The van der Waals surface area contributed by atoms with Gasteiger partial charge in [-0.15, -0.1) is 0 Å². The van der Waals surface area contributed by atoms with Crippen LogP contribution in [0, 0.1) is 0 Å². The molecular formula is C23H27N3O. The normalized spacial score (nSPS) is 23.6. The molecule has 1 atom stereocenters. The van der Waals surface area contributed by atoms with Gasteiger partial charge < -0.3 is 19.5 Å². The third-order valence-corrected chi connectivity index (χ3v) is 6.28. The first kappa shape index (κ1) is 16.8. The third-order valence-electron chi connectivity index (χ3n) is 6.28. The van der Waals surface area contributed by atoms with Crippen LogP contribution < -0.4 is 4.90 Å². The number of H-pyrrole nitrogens is 1. The third kappa shape index (κ3) is 2.84. The van der Waals surface area contributed by atoms with Gasteiger partial charge in [0.1, 0.15) is 0 Å². The highest BCUT2D eigenvalue weighted by atomic mass is 16.5. The first-order chi connectivity index (χ1) is 13.1. The molecular weight excluding hydrogens is 334 g/mol. The van der Waals surface area contributed by atoms with E-state index in [0.717, 1.165) is 39.4 Å². The molecule has 1 unspecified atom stereocenters. The van der Waals surface area contributed by atoms with Gasteiger partial charge in [-0.2, -0.15) is 0 Å². The fraction of sp³-hybridized carbons (Fsp3) is 0.391. The van der Waals surface area contributed by atoms with Crippen molar-refractivity contribution >= 4 is 16.6 Å². The van der Waals surface area contributed by atoms with Gasteiger partial charge in [0.2, 0.25) is 0 Å². The number of hydrogen-bond acceptors (Lipinski definition) is 3. The van der Waals surface area contributed by atoms with Crippen LogP contribution in [-0.2, 0) is 16.7 Å². The molecule has 0 radical (unpaired) electrons. The van der Waals surface area contributed by atoms with Gasteiger partial charge in [-0.05, 0) is 53.4 Å². The Hall–Kier alpha value is -2.30. The van der Waals surface area contributed by atoms with Crippen LogP contribution in [-0.4, -0.2) is 49.8 Å². The molecule has 0 saturated carbocycles. The van der Waals surface area contributed by atoms with Crippen LogP contribution in [0.2, 0.25) is 0 Å². The Labute approximate surface area is 160 Å². The summed E-state index contributed by atoms with van der Waals surface area (Å²) in [7, 11) is 2.23. The smallest absolute Gasteiger partial charge is 0.0642 e. The molecule has 1 fully saturated rings. The second kappa shape index (κ2) is 6.39. The van der Waals surface area contributed by atoms with Gasteiger partial charge in [0, 0.05) is 49.0 Å². The van der Waals surface area contributed by atoms with Crippen LogP contribution in [0.5, 0.6) is 0 Å². The van der Waals surface area contributed by atoms with E-state index in [4.69, 9.17) is 4.74 Å². The van der Waals surface area contributed by atoms with Crippen LogP contribution in [0.3, 0.4) is 0 Å². The van der Waals surface area contributed by atoms with E-state index in [-0.39, 0.29) is 5.41 Å². The van der Waals surface area contributed by atoms with Gasteiger partial charge in [-0.25, -0.2) is 0 Å². The monoisotopic (exact) mass is 361 g/mol. The van der Waals surface area contributed by atoms with Crippen LogP contribution in [0.25, 0.3) is 10.9 Å². The Balaban J connectivity index is 1.58. The van der Waals surface area contributed by atoms with Gasteiger partial charge in [-0.3, -0.25) is 0 Å². The second-order valence-corrected chi connectivity index (χ2v) is 8.22. The van der Waals surface area contributed by atoms with Crippen molar-refractivity contribution in [2.24, 2.45) is 0 Å². The lowest BCUT2D eigenvalue weighted by molar-refractivity contribution is 0.122. The highest BCUT2D eigenvalue weighted by Crippen LogP contribution is 2.40. The number of aromatic amines is 1. The summed E-state index contributed by atoms with van der Waals surface area (Å²) in [5, 5.41) is 1.27. The average molecular weight is 361 g/mol. The Morgan fingerprint density at radius 2 is 1.89 bits per heavy atom. The minimum Gasteiger partial charge on any atom is -0.378 e. The standard InChI is InChI=1S/C23H27N3O/c1-23(19-4-3-17-7-8-24-22(17)14-19)16-25(2)15-18-13-20(5-6-21(18)23)26-9-11-27-12-10-26/h3-8,13-14,24H,9-12,15-16H2,1-2H3. The Kier molecular flexibility index (Phi) is 3.99. The Morgan fingerprint density at radius 1 is 1.04 bits per heavy atom. The van der Waals surface area contributed by atoms with Crippen molar-refractivity contribution < 1.29 is 4.74 Å². The molecule has 0 bridgehead atoms. The van der Waals surface area contributed by atoms with E-state index < -0.39 is 0 Å². The van der Waals surface area contributed by atoms with Crippen molar-refractivity contribution in [3.8, 4) is 0 Å². The molecule has 0 aliphatic carbocycles. The molecule has 1 saturated heterocycles. The molecule has 4 heteroatoms. The summed E-state index contributed by atoms with van der Waals surface area (Å²) in [6.45, 7) is 8.04. The van der Waals surface area contributed by atoms with Gasteiger partial charge >= 0.3 is 0 Å². The second-order valence-electron chi connectivity index (χ2n) is 8.22. The number of hydrogen-bond donors (Lipinski definition) is 1. The molecule has 1 aromatic heterocycles. The molecule has 5 rings (SSSR count). The van der Waals surface area contributed by atoms with Crippen molar-refractivity contribution in [2.75, 3.05) is 44.8 Å². The zero-order valence-corrected chi connectivity index (χ0v) is 16.2. The summed E-state index contributed by atoms with van der Waals surface area (Å²) >= 11 is 0. The molecule has 0 amide bonds. The zero-order chi connectivity index (χ0) is 18.4. The first-order valence-electron chi connectivity index (χ1n) is 9.86. The highest BCUT2D eigenvalue weighted by Gasteiger charge is 2.36. The predicted octanol–water partition coefficient (Wildman–Crippen LogP) is 3.76. The number of nitrogens with zero attached hydrogens (tertiary/aromatic N) is 2. The minimum atomic E-state index is -0.00876. The predicted molar refractivity (Wildman–Crippen MR) is 111 cm³/mol. The van der Waals surface area contributed by atoms with Gasteiger partial charge in [-0.1, -0.05) is 25.1 Å². The number of fused-ring (bicyclic) bond motifs is 2. The van der Waals surface area contributed by atoms with Crippen molar-refractivity contribution in [1.82, 2.24) is 9.88 Å². The fourth-order valence-corrected chi connectivity index (χ4v) is 4.88. The minimum absolute atomic E-state index is 0.00876. The van der Waals surface area contributed by atoms with Crippen molar-refractivity contribution in [2.45, 2.75) is 18.9 Å². The summed E-state index contributed by atoms with van der Waals surface area (Å²) in [5.74, 6) is 0. The van der Waals surface area contributed by atoms with E-state index in [1.807, 2.05) is 6.20 Å². The number of anilines is 1. The van der Waals surface area contributed by atoms with Gasteiger partial charge in [0.25, 0.3) is 0 Å². The molecule has 4 nitrogen and oxygen atoms in total. The van der Waals surface area contributed by atoms with Crippen LogP contribution in [0.4, 0.5) is 5.69 Å². The van der Waals surface area contributed by atoms with Crippen LogP contribution in [0.15, 0.2) is 48.7 Å². The van der Waals surface area contributed by atoms with Crippen molar-refractivity contribution in [1.29, 1.82) is 0 Å². The number of rotatable bonds is 2. The van der Waals surface area contributed by atoms with Gasteiger partial charge in [0.05, 0.1) is 13.2 Å². The number of ether oxygens (including phenoxy) is 1. The number of nitrogens with one attached hydrogen (secondary N) is 1. The molecule has 2 aliphatic rings. The molecule has 0 spiro atoms. The summed E-state index contributed by atoms with van der Waals surface area (Å²) in [6, 6.07) is 16.1. The van der Waals surface area contributed by atoms with Crippen LogP contribution in [0.1, 0.15) is 23.6 Å². The number of likely N-dealkylation sites (N-methyl/N-ethyl adjacent to an activating group) is 1. The summed E-state index contributed by atoms with van der Waals surface area (Å²) in [4.78, 5) is 8.27. The maximum atomic E-state index is 5.52. The van der Waals surface area contributed by atoms with Crippen molar-refractivity contribution in [3.63, 3.8) is 0 Å². The lowest BCUT2D eigenvalue weighted by atomic mass is 9.71. The Morgan fingerprint density at radius 3 is 2.74 bits per heavy atom. The topological polar surface area (TPSA) is 31.5 Å². The molecule has 2 aliphatic heterocycles. The molecule has 2 aromatic carbocycles. The van der Waals surface area contributed by atoms with E-state index in [9.17, 15) is 0 Å². The van der Waals surface area contributed by atoms with E-state index in [1.165, 1.54) is 33.3 Å². The SMILES string of the molecule is CN1Cc2cc(N3CCOCC3)ccc2C(C)(c2ccc3cc[nH]c3c2)C1. The number of benzene rings is 2. The lowest BCUT2D eigenvalue weighted by Gasteiger charge is -2.42. The largest absolute Gasteiger partial charge is 0.378 e. The number of aromatic nitrogens is 1. The van der Waals surface area contributed by atoms with E-state index in [1.54, 1.807) is 0 Å². The highest BCUT2D eigenvalue weighted by molar-refractivity contribution is 5.80. The first-order valence-corrected chi connectivity index (χ1v) is 9.86. The average Bonchev–Trinajstić information content (AvgIpc) is 3.16. The van der Waals surface area contributed by atoms with Gasteiger partial charge in [0.15, 0.2) is 0 Å². The molecule has 3 aromatic rings. The molecule has 140 valence electrons. The summed E-state index contributed by atoms with van der Waals surface area (Å²) < 4.78 is 5.52. The molecule has 1 N–H and O–H groups in total. The maximum absolute atomic E-state index is 5.52. The number of morpholine rings is 1. The zero-order valence-electron chi connectivity index (χ0n) is 16.2. The van der Waals surface area contributed by atoms with Crippen LogP contribution >= 0.6 is 0 Å². The van der Waals surface area contributed by atoms with E-state index in [2.05, 4.69) is 71.2 Å². The Bertz CT molecular complexity index is 973. The lowest BCUT2D eigenvalue weighted by Crippen LogP contribution is -2.43.